The second-order valence-corrected chi connectivity index (χ2v) is 3.28. The normalized spacial score (nSPS) is 28.4. The zero-order chi connectivity index (χ0) is 8.39. The number of aliphatic hydroxyl groups excluding tert-OH is 1. The molecule has 0 unspecified atom stereocenters. The number of hydrogen-bond donors (Lipinski definition) is 3. The van der Waals surface area contributed by atoms with E-state index >= 15 is 0 Å². The van der Waals surface area contributed by atoms with Crippen molar-refractivity contribution >= 4 is 0 Å². The van der Waals surface area contributed by atoms with Crippen LogP contribution in [0.3, 0.4) is 0 Å². The highest BCUT2D eigenvalue weighted by atomic mass is 16.3. The average Bonchev–Trinajstić information content (AvgIpc) is 2.47. The van der Waals surface area contributed by atoms with Crippen molar-refractivity contribution in [3.05, 3.63) is 18.2 Å². The number of aromatic nitrogens is 2. The molecule has 0 atom stereocenters. The van der Waals surface area contributed by atoms with Crippen molar-refractivity contribution in [3.63, 3.8) is 0 Å². The largest absolute Gasteiger partial charge is 0.393 e. The van der Waals surface area contributed by atoms with Crippen molar-refractivity contribution in [2.45, 2.75) is 31.5 Å². The lowest BCUT2D eigenvalue weighted by Crippen LogP contribution is -2.43. The molecule has 1 aromatic heterocycles. The molecule has 1 aliphatic carbocycles. The van der Waals surface area contributed by atoms with Crippen LogP contribution in [0.25, 0.3) is 0 Å². The van der Waals surface area contributed by atoms with E-state index in [2.05, 4.69) is 15.3 Å². The lowest BCUT2D eigenvalue weighted by atomic mass is 9.89. The summed E-state index contributed by atoms with van der Waals surface area (Å²) in [6.07, 6.45) is 5.17. The molecule has 4 heteroatoms. The van der Waals surface area contributed by atoms with Gasteiger partial charge in [-0.3, -0.25) is 0 Å². The first kappa shape index (κ1) is 7.76. The maximum atomic E-state index is 9.02. The summed E-state index contributed by atoms with van der Waals surface area (Å²) in [5.41, 5.74) is 1.09. The van der Waals surface area contributed by atoms with Crippen molar-refractivity contribution in [1.29, 1.82) is 0 Å². The van der Waals surface area contributed by atoms with Gasteiger partial charge in [0.05, 0.1) is 12.4 Å². The highest BCUT2D eigenvalue weighted by Gasteiger charge is 2.26. The molecule has 0 amide bonds. The van der Waals surface area contributed by atoms with E-state index in [9.17, 15) is 0 Å². The standard InChI is InChI=1S/C8H13N3O/c12-8-1-6(2-8)10-4-7-3-9-5-11-7/h3,5-6,8,10,12H,1-2,4H2,(H,9,11). The van der Waals surface area contributed by atoms with Crippen LogP contribution in [0.5, 0.6) is 0 Å². The van der Waals surface area contributed by atoms with Crippen molar-refractivity contribution in [2.75, 3.05) is 0 Å². The van der Waals surface area contributed by atoms with Gasteiger partial charge in [0.25, 0.3) is 0 Å². The predicted molar refractivity (Wildman–Crippen MR) is 44.5 cm³/mol. The molecule has 2 rings (SSSR count). The number of nitrogens with one attached hydrogen (secondary N) is 2. The highest BCUT2D eigenvalue weighted by molar-refractivity contribution is 4.95. The topological polar surface area (TPSA) is 60.9 Å². The van der Waals surface area contributed by atoms with E-state index in [4.69, 9.17) is 5.11 Å². The summed E-state index contributed by atoms with van der Waals surface area (Å²) >= 11 is 0. The molecule has 1 aliphatic rings. The van der Waals surface area contributed by atoms with E-state index in [0.717, 1.165) is 25.1 Å². The van der Waals surface area contributed by atoms with Crippen LogP contribution in [0.15, 0.2) is 12.5 Å². The summed E-state index contributed by atoms with van der Waals surface area (Å²) in [4.78, 5) is 6.93. The third-order valence-electron chi connectivity index (χ3n) is 2.25. The Hall–Kier alpha value is -0.870. The Labute approximate surface area is 71.0 Å². The smallest absolute Gasteiger partial charge is 0.0922 e. The van der Waals surface area contributed by atoms with Gasteiger partial charge in [-0.15, -0.1) is 0 Å². The van der Waals surface area contributed by atoms with Gasteiger partial charge in [0.1, 0.15) is 0 Å². The molecule has 1 fully saturated rings. The molecule has 0 aromatic carbocycles. The number of aliphatic hydroxyl groups is 1. The molecule has 4 nitrogen and oxygen atoms in total. The number of hydrogen-bond acceptors (Lipinski definition) is 3. The number of rotatable bonds is 3. The number of H-pyrrole nitrogens is 1. The van der Waals surface area contributed by atoms with Crippen LogP contribution in [0.1, 0.15) is 18.5 Å². The van der Waals surface area contributed by atoms with Crippen molar-refractivity contribution in [1.82, 2.24) is 15.3 Å². The molecule has 0 spiro atoms. The monoisotopic (exact) mass is 167 g/mol. The molecule has 12 heavy (non-hydrogen) atoms. The number of aromatic amines is 1. The fraction of sp³-hybridized carbons (Fsp3) is 0.625. The zero-order valence-electron chi connectivity index (χ0n) is 6.83. The first-order valence-corrected chi connectivity index (χ1v) is 4.23. The Kier molecular flexibility index (Phi) is 2.10. The van der Waals surface area contributed by atoms with Crippen LogP contribution in [0.2, 0.25) is 0 Å². The molecule has 66 valence electrons. The Balaban J connectivity index is 1.70. The maximum absolute atomic E-state index is 9.02. The summed E-state index contributed by atoms with van der Waals surface area (Å²) in [7, 11) is 0. The van der Waals surface area contributed by atoms with E-state index in [1.165, 1.54) is 0 Å². The summed E-state index contributed by atoms with van der Waals surface area (Å²) in [5, 5.41) is 12.3. The second-order valence-electron chi connectivity index (χ2n) is 3.28. The van der Waals surface area contributed by atoms with Crippen LogP contribution in [-0.4, -0.2) is 27.2 Å². The lowest BCUT2D eigenvalue weighted by Gasteiger charge is -2.31. The van der Waals surface area contributed by atoms with Crippen molar-refractivity contribution in [2.24, 2.45) is 0 Å². The lowest BCUT2D eigenvalue weighted by molar-refractivity contribution is 0.0618. The van der Waals surface area contributed by atoms with Gasteiger partial charge in [0.2, 0.25) is 0 Å². The summed E-state index contributed by atoms with van der Waals surface area (Å²) in [5.74, 6) is 0. The minimum Gasteiger partial charge on any atom is -0.393 e. The van der Waals surface area contributed by atoms with Crippen LogP contribution >= 0.6 is 0 Å². The Morgan fingerprint density at radius 2 is 2.50 bits per heavy atom. The van der Waals surface area contributed by atoms with Gasteiger partial charge < -0.3 is 15.4 Å². The van der Waals surface area contributed by atoms with Gasteiger partial charge in [0.15, 0.2) is 0 Å². The van der Waals surface area contributed by atoms with E-state index < -0.39 is 0 Å². The van der Waals surface area contributed by atoms with Crippen molar-refractivity contribution in [3.8, 4) is 0 Å². The number of nitrogens with zero attached hydrogens (tertiary/aromatic N) is 1. The predicted octanol–water partition coefficient (Wildman–Crippen LogP) is 0.0226. The van der Waals surface area contributed by atoms with Gasteiger partial charge in [0, 0.05) is 24.5 Å². The second kappa shape index (κ2) is 3.25. The molecular formula is C8H13N3O. The Morgan fingerprint density at radius 3 is 3.08 bits per heavy atom. The van der Waals surface area contributed by atoms with Crippen LogP contribution < -0.4 is 5.32 Å². The van der Waals surface area contributed by atoms with Crippen LogP contribution in [0.4, 0.5) is 0 Å². The highest BCUT2D eigenvalue weighted by Crippen LogP contribution is 2.19. The van der Waals surface area contributed by atoms with Gasteiger partial charge >= 0.3 is 0 Å². The third-order valence-corrected chi connectivity index (χ3v) is 2.25. The van der Waals surface area contributed by atoms with Crippen LogP contribution in [-0.2, 0) is 6.54 Å². The quantitative estimate of drug-likeness (QED) is 0.595. The van der Waals surface area contributed by atoms with Gasteiger partial charge in [-0.2, -0.15) is 0 Å². The average molecular weight is 167 g/mol. The maximum Gasteiger partial charge on any atom is 0.0922 e. The van der Waals surface area contributed by atoms with E-state index in [1.54, 1.807) is 6.33 Å². The van der Waals surface area contributed by atoms with Crippen LogP contribution in [0, 0.1) is 0 Å². The van der Waals surface area contributed by atoms with E-state index in [1.807, 2.05) is 6.20 Å². The molecule has 1 heterocycles. The summed E-state index contributed by atoms with van der Waals surface area (Å²) < 4.78 is 0. The first-order chi connectivity index (χ1) is 5.84. The molecule has 1 aromatic rings. The molecule has 0 radical (unpaired) electrons. The molecule has 1 saturated carbocycles. The van der Waals surface area contributed by atoms with Gasteiger partial charge in [-0.05, 0) is 12.8 Å². The zero-order valence-corrected chi connectivity index (χ0v) is 6.83. The Morgan fingerprint density at radius 1 is 1.67 bits per heavy atom. The SMILES string of the molecule is OC1CC(NCc2cnc[nH]2)C1. The van der Waals surface area contributed by atoms with Gasteiger partial charge in [-0.1, -0.05) is 0 Å². The minimum absolute atomic E-state index is 0.0794. The Bertz CT molecular complexity index is 228. The van der Waals surface area contributed by atoms with E-state index in [-0.39, 0.29) is 6.10 Å². The third kappa shape index (κ3) is 1.65. The molecule has 0 saturated heterocycles. The van der Waals surface area contributed by atoms with E-state index in [0.29, 0.717) is 6.04 Å². The molecular weight excluding hydrogens is 154 g/mol. The fourth-order valence-corrected chi connectivity index (χ4v) is 1.39. The fourth-order valence-electron chi connectivity index (χ4n) is 1.39. The molecule has 0 aliphatic heterocycles. The first-order valence-electron chi connectivity index (χ1n) is 4.23. The number of imidazole rings is 1. The summed E-state index contributed by atoms with van der Waals surface area (Å²) in [6.45, 7) is 0.817. The van der Waals surface area contributed by atoms with Crippen molar-refractivity contribution < 1.29 is 5.11 Å². The molecule has 3 N–H and O–H groups in total. The molecule has 0 bridgehead atoms. The summed E-state index contributed by atoms with van der Waals surface area (Å²) in [6, 6.07) is 0.489. The minimum atomic E-state index is -0.0794. The van der Waals surface area contributed by atoms with Gasteiger partial charge in [-0.25, -0.2) is 4.98 Å².